The molecular weight excluding hydrogens is 474 g/mol. The maximum Gasteiger partial charge on any atom is 0.253 e. The molecule has 1 aromatic carbocycles. The van der Waals surface area contributed by atoms with Crippen LogP contribution in [0.2, 0.25) is 0 Å². The van der Waals surface area contributed by atoms with Crippen molar-refractivity contribution in [1.29, 1.82) is 0 Å². The minimum atomic E-state index is -0.315. The third-order valence-corrected chi connectivity index (χ3v) is 6.95. The van der Waals surface area contributed by atoms with E-state index >= 15 is 0 Å². The van der Waals surface area contributed by atoms with Crippen molar-refractivity contribution in [3.63, 3.8) is 0 Å². The van der Waals surface area contributed by atoms with Crippen molar-refractivity contribution < 1.29 is 18.4 Å². The molecule has 9 nitrogen and oxygen atoms in total. The Labute approximate surface area is 203 Å². The number of benzene rings is 1. The fourth-order valence-electron chi connectivity index (χ4n) is 3.51. The first-order valence-corrected chi connectivity index (χ1v) is 12.4. The van der Waals surface area contributed by atoms with Gasteiger partial charge in [-0.05, 0) is 43.3 Å². The Bertz CT molecular complexity index is 1270. The number of nitrogens with one attached hydrogen (secondary N) is 1. The van der Waals surface area contributed by atoms with Crippen LogP contribution in [-0.2, 0) is 4.79 Å². The van der Waals surface area contributed by atoms with Crippen LogP contribution in [0.1, 0.15) is 30.9 Å². The monoisotopic (exact) mass is 495 g/mol. The van der Waals surface area contributed by atoms with Gasteiger partial charge in [-0.3, -0.25) is 4.79 Å². The van der Waals surface area contributed by atoms with Gasteiger partial charge in [-0.15, -0.1) is 10.2 Å². The van der Waals surface area contributed by atoms with E-state index in [-0.39, 0.29) is 17.7 Å². The second-order valence-corrected chi connectivity index (χ2v) is 9.41. The molecule has 4 aromatic rings. The second-order valence-electron chi connectivity index (χ2n) is 7.21. The molecule has 1 aliphatic rings. The SMILES string of the molecule is CCOc1ccccc1Nc1nnc(SCC(=O)N2N=C(c3ccco3)CC2c2ccco2)s1. The van der Waals surface area contributed by atoms with E-state index in [1.54, 1.807) is 24.7 Å². The average Bonchev–Trinajstić information content (AvgIpc) is 3.65. The van der Waals surface area contributed by atoms with Gasteiger partial charge in [-0.2, -0.15) is 5.10 Å². The Morgan fingerprint density at radius 1 is 1.18 bits per heavy atom. The van der Waals surface area contributed by atoms with Crippen LogP contribution in [0.3, 0.4) is 0 Å². The summed E-state index contributed by atoms with van der Waals surface area (Å²) >= 11 is 2.69. The Hall–Kier alpha value is -3.57. The molecule has 174 valence electrons. The molecule has 0 bridgehead atoms. The minimum Gasteiger partial charge on any atom is -0.492 e. The fraction of sp³-hybridized carbons (Fsp3) is 0.217. The molecule has 5 rings (SSSR count). The van der Waals surface area contributed by atoms with E-state index in [9.17, 15) is 4.79 Å². The summed E-state index contributed by atoms with van der Waals surface area (Å²) in [6, 6.07) is 14.6. The highest BCUT2D eigenvalue weighted by Crippen LogP contribution is 2.35. The molecule has 0 saturated heterocycles. The number of rotatable bonds is 9. The molecule has 34 heavy (non-hydrogen) atoms. The van der Waals surface area contributed by atoms with Crippen molar-refractivity contribution in [2.24, 2.45) is 5.10 Å². The van der Waals surface area contributed by atoms with Crippen LogP contribution < -0.4 is 10.1 Å². The molecule has 3 aromatic heterocycles. The Kier molecular flexibility index (Phi) is 6.63. The quantitative estimate of drug-likeness (QED) is 0.310. The third-order valence-electron chi connectivity index (χ3n) is 5.00. The van der Waals surface area contributed by atoms with Gasteiger partial charge in [0.25, 0.3) is 5.91 Å². The van der Waals surface area contributed by atoms with Crippen LogP contribution in [-0.4, -0.2) is 39.2 Å². The number of carbonyl (C=O) groups excluding carboxylic acids is 1. The average molecular weight is 496 g/mol. The molecule has 4 heterocycles. The van der Waals surface area contributed by atoms with Crippen LogP contribution in [0, 0.1) is 0 Å². The van der Waals surface area contributed by atoms with Crippen molar-refractivity contribution in [3.05, 3.63) is 72.6 Å². The van der Waals surface area contributed by atoms with Gasteiger partial charge in [-0.1, -0.05) is 35.2 Å². The van der Waals surface area contributed by atoms with Gasteiger partial charge in [0.2, 0.25) is 5.13 Å². The van der Waals surface area contributed by atoms with E-state index in [0.717, 1.165) is 11.4 Å². The molecule has 0 radical (unpaired) electrons. The molecular formula is C23H21N5O4S2. The van der Waals surface area contributed by atoms with Gasteiger partial charge in [0.15, 0.2) is 4.34 Å². The molecule has 1 amide bonds. The predicted molar refractivity (Wildman–Crippen MR) is 130 cm³/mol. The molecule has 1 N–H and O–H groups in total. The van der Waals surface area contributed by atoms with E-state index in [1.807, 2.05) is 43.3 Å². The summed E-state index contributed by atoms with van der Waals surface area (Å²) in [4.78, 5) is 13.1. The van der Waals surface area contributed by atoms with Gasteiger partial charge < -0.3 is 18.9 Å². The molecule has 0 saturated carbocycles. The predicted octanol–water partition coefficient (Wildman–Crippen LogP) is 5.34. The van der Waals surface area contributed by atoms with Gasteiger partial charge in [0.05, 0.1) is 30.6 Å². The number of amides is 1. The van der Waals surface area contributed by atoms with Crippen molar-refractivity contribution >= 4 is 45.5 Å². The second kappa shape index (κ2) is 10.1. The van der Waals surface area contributed by atoms with Crippen LogP contribution in [0.15, 0.2) is 79.3 Å². The molecule has 0 spiro atoms. The number of hydrogen-bond donors (Lipinski definition) is 1. The van der Waals surface area contributed by atoms with E-state index in [1.165, 1.54) is 28.1 Å². The van der Waals surface area contributed by atoms with Crippen molar-refractivity contribution in [2.45, 2.75) is 23.7 Å². The van der Waals surface area contributed by atoms with Crippen molar-refractivity contribution in [1.82, 2.24) is 15.2 Å². The zero-order chi connectivity index (χ0) is 23.3. The molecule has 1 unspecified atom stereocenters. The normalized spacial score (nSPS) is 15.4. The smallest absolute Gasteiger partial charge is 0.253 e. The highest BCUT2D eigenvalue weighted by Gasteiger charge is 2.35. The number of nitrogens with zero attached hydrogens (tertiary/aromatic N) is 4. The zero-order valence-electron chi connectivity index (χ0n) is 18.2. The highest BCUT2D eigenvalue weighted by atomic mass is 32.2. The summed E-state index contributed by atoms with van der Waals surface area (Å²) in [5.74, 6) is 2.08. The third kappa shape index (κ3) is 4.85. The Morgan fingerprint density at radius 3 is 2.82 bits per heavy atom. The maximum absolute atomic E-state index is 13.1. The number of para-hydroxylation sites is 2. The van der Waals surface area contributed by atoms with Crippen LogP contribution >= 0.6 is 23.1 Å². The molecule has 11 heteroatoms. The van der Waals surface area contributed by atoms with Gasteiger partial charge in [0, 0.05) is 6.42 Å². The van der Waals surface area contributed by atoms with Crippen LogP contribution in [0.4, 0.5) is 10.8 Å². The maximum atomic E-state index is 13.1. The number of carbonyl (C=O) groups is 1. The minimum absolute atomic E-state index is 0.153. The standard InChI is InChI=1S/C23H21N5O4S2/c1-2-30-18-8-4-3-7-15(18)24-22-25-26-23(34-22)33-14-21(29)28-17(20-10-6-12-32-20)13-16(27-28)19-9-5-11-31-19/h3-12,17H,2,13-14H2,1H3,(H,24,25). The van der Waals surface area contributed by atoms with Gasteiger partial charge in [0.1, 0.15) is 29.0 Å². The first-order chi connectivity index (χ1) is 16.7. The summed E-state index contributed by atoms with van der Waals surface area (Å²) in [5.41, 5.74) is 1.52. The first kappa shape index (κ1) is 22.2. The van der Waals surface area contributed by atoms with Crippen LogP contribution in [0.5, 0.6) is 5.75 Å². The van der Waals surface area contributed by atoms with E-state index in [0.29, 0.717) is 39.7 Å². The Balaban J connectivity index is 1.25. The number of aromatic nitrogens is 2. The van der Waals surface area contributed by atoms with E-state index in [4.69, 9.17) is 13.6 Å². The number of ether oxygens (including phenoxy) is 1. The topological polar surface area (TPSA) is 106 Å². The number of thioether (sulfide) groups is 1. The first-order valence-electron chi connectivity index (χ1n) is 10.6. The summed E-state index contributed by atoms with van der Waals surface area (Å²) in [5, 5.41) is 18.3. The largest absolute Gasteiger partial charge is 0.492 e. The van der Waals surface area contributed by atoms with Gasteiger partial charge in [-0.25, -0.2) is 5.01 Å². The fourth-order valence-corrected chi connectivity index (χ4v) is 5.13. The lowest BCUT2D eigenvalue weighted by Gasteiger charge is -2.19. The number of hydrogen-bond acceptors (Lipinski definition) is 10. The Morgan fingerprint density at radius 2 is 2.03 bits per heavy atom. The molecule has 1 aliphatic heterocycles. The van der Waals surface area contributed by atoms with Gasteiger partial charge >= 0.3 is 0 Å². The summed E-state index contributed by atoms with van der Waals surface area (Å²) in [6.07, 6.45) is 3.70. The number of furan rings is 2. The van der Waals surface area contributed by atoms with Crippen LogP contribution in [0.25, 0.3) is 0 Å². The lowest BCUT2D eigenvalue weighted by atomic mass is 10.1. The van der Waals surface area contributed by atoms with E-state index < -0.39 is 0 Å². The molecule has 1 atom stereocenters. The lowest BCUT2D eigenvalue weighted by molar-refractivity contribution is -0.130. The van der Waals surface area contributed by atoms with E-state index in [2.05, 4.69) is 20.6 Å². The summed E-state index contributed by atoms with van der Waals surface area (Å²) in [7, 11) is 0. The summed E-state index contributed by atoms with van der Waals surface area (Å²) in [6.45, 7) is 2.50. The number of anilines is 2. The molecule has 0 fully saturated rings. The highest BCUT2D eigenvalue weighted by molar-refractivity contribution is 8.01. The lowest BCUT2D eigenvalue weighted by Crippen LogP contribution is -2.28. The van der Waals surface area contributed by atoms with Crippen molar-refractivity contribution in [2.75, 3.05) is 17.7 Å². The molecule has 0 aliphatic carbocycles. The number of hydrazone groups is 1. The summed E-state index contributed by atoms with van der Waals surface area (Å²) < 4.78 is 17.4. The zero-order valence-corrected chi connectivity index (χ0v) is 19.8. The van der Waals surface area contributed by atoms with Crippen molar-refractivity contribution in [3.8, 4) is 5.75 Å².